The molecule has 2 heteroatoms. The summed E-state index contributed by atoms with van der Waals surface area (Å²) < 4.78 is 0. The van der Waals surface area contributed by atoms with Gasteiger partial charge in [0.2, 0.25) is 0 Å². The molecule has 0 aliphatic heterocycles. The fourth-order valence-electron chi connectivity index (χ4n) is 3.53. The van der Waals surface area contributed by atoms with Crippen molar-refractivity contribution in [1.82, 2.24) is 4.90 Å². The molecule has 2 aliphatic rings. The van der Waals surface area contributed by atoms with Gasteiger partial charge in [0.05, 0.1) is 0 Å². The average molecular weight is 224 g/mol. The molecule has 3 unspecified atom stereocenters. The first-order chi connectivity index (χ1) is 7.72. The van der Waals surface area contributed by atoms with Crippen LogP contribution in [0.25, 0.3) is 0 Å². The molecule has 94 valence electrons. The topological polar surface area (TPSA) is 29.3 Å². The molecule has 0 aromatic carbocycles. The van der Waals surface area contributed by atoms with E-state index < -0.39 is 0 Å². The smallest absolute Gasteiger partial charge is 0.0135 e. The number of nitrogens with two attached hydrogens (primary N) is 1. The standard InChI is InChI=1S/C14H28N2/c1-11(9-12-5-3-6-12)16(2)14-8-4-7-13(14)10-15/h11-14H,3-10,15H2,1-2H3. The Bertz CT molecular complexity index is 213. The van der Waals surface area contributed by atoms with Gasteiger partial charge >= 0.3 is 0 Å². The Morgan fingerprint density at radius 2 is 1.88 bits per heavy atom. The van der Waals surface area contributed by atoms with Gasteiger partial charge in [-0.3, -0.25) is 0 Å². The lowest BCUT2D eigenvalue weighted by Crippen LogP contribution is -2.43. The molecule has 0 saturated heterocycles. The van der Waals surface area contributed by atoms with Crippen molar-refractivity contribution >= 4 is 0 Å². The Morgan fingerprint density at radius 1 is 1.19 bits per heavy atom. The summed E-state index contributed by atoms with van der Waals surface area (Å²) in [4.78, 5) is 2.63. The van der Waals surface area contributed by atoms with Crippen LogP contribution in [0.5, 0.6) is 0 Å². The molecule has 0 bridgehead atoms. The molecule has 3 atom stereocenters. The zero-order valence-corrected chi connectivity index (χ0v) is 11.0. The first kappa shape index (κ1) is 12.4. The second-order valence-corrected chi connectivity index (χ2v) is 6.04. The van der Waals surface area contributed by atoms with Gasteiger partial charge in [-0.05, 0) is 51.6 Å². The van der Waals surface area contributed by atoms with Crippen molar-refractivity contribution in [2.75, 3.05) is 13.6 Å². The minimum absolute atomic E-state index is 0.752. The number of hydrogen-bond donors (Lipinski definition) is 1. The normalized spacial score (nSPS) is 33.0. The third kappa shape index (κ3) is 2.60. The van der Waals surface area contributed by atoms with Gasteiger partial charge < -0.3 is 10.6 Å². The molecule has 2 fully saturated rings. The maximum atomic E-state index is 5.87. The van der Waals surface area contributed by atoms with Gasteiger partial charge in [0, 0.05) is 12.1 Å². The fraction of sp³-hybridized carbons (Fsp3) is 1.00. The summed E-state index contributed by atoms with van der Waals surface area (Å²) in [6, 6.07) is 1.52. The van der Waals surface area contributed by atoms with Crippen molar-refractivity contribution in [3.8, 4) is 0 Å². The quantitative estimate of drug-likeness (QED) is 0.778. The van der Waals surface area contributed by atoms with Crippen molar-refractivity contribution in [2.24, 2.45) is 17.6 Å². The summed E-state index contributed by atoms with van der Waals surface area (Å²) in [5, 5.41) is 0. The van der Waals surface area contributed by atoms with Crippen molar-refractivity contribution in [3.63, 3.8) is 0 Å². The van der Waals surface area contributed by atoms with Crippen LogP contribution in [0.15, 0.2) is 0 Å². The molecular formula is C14H28N2. The summed E-state index contributed by atoms with van der Waals surface area (Å²) in [6.45, 7) is 3.29. The lowest BCUT2D eigenvalue weighted by Gasteiger charge is -2.37. The van der Waals surface area contributed by atoms with Gasteiger partial charge in [-0.2, -0.15) is 0 Å². The highest BCUT2D eigenvalue weighted by Gasteiger charge is 2.32. The van der Waals surface area contributed by atoms with Gasteiger partial charge in [-0.25, -0.2) is 0 Å². The Labute approximate surface area is 101 Å². The van der Waals surface area contributed by atoms with Gasteiger partial charge in [0.25, 0.3) is 0 Å². The Hall–Kier alpha value is -0.0800. The van der Waals surface area contributed by atoms with E-state index in [0.29, 0.717) is 0 Å². The highest BCUT2D eigenvalue weighted by molar-refractivity contribution is 4.87. The first-order valence-electron chi connectivity index (χ1n) is 7.14. The SMILES string of the molecule is CC(CC1CCC1)N(C)C1CCCC1CN. The van der Waals surface area contributed by atoms with Crippen LogP contribution in [0, 0.1) is 11.8 Å². The Balaban J connectivity index is 1.82. The highest BCUT2D eigenvalue weighted by atomic mass is 15.2. The summed E-state index contributed by atoms with van der Waals surface area (Å²) in [6.07, 6.45) is 9.93. The molecule has 2 aliphatic carbocycles. The van der Waals surface area contributed by atoms with Gasteiger partial charge in [-0.15, -0.1) is 0 Å². The molecule has 0 spiro atoms. The van der Waals surface area contributed by atoms with E-state index in [1.54, 1.807) is 0 Å². The van der Waals surface area contributed by atoms with Crippen molar-refractivity contribution in [1.29, 1.82) is 0 Å². The minimum Gasteiger partial charge on any atom is -0.330 e. The highest BCUT2D eigenvalue weighted by Crippen LogP contribution is 2.34. The van der Waals surface area contributed by atoms with Crippen LogP contribution in [0.4, 0.5) is 0 Å². The van der Waals surface area contributed by atoms with E-state index in [-0.39, 0.29) is 0 Å². The number of nitrogens with zero attached hydrogens (tertiary/aromatic N) is 1. The number of rotatable bonds is 5. The first-order valence-corrected chi connectivity index (χ1v) is 7.14. The molecule has 0 amide bonds. The molecule has 2 saturated carbocycles. The molecule has 0 radical (unpaired) electrons. The predicted molar refractivity (Wildman–Crippen MR) is 69.4 cm³/mol. The van der Waals surface area contributed by atoms with E-state index in [1.807, 2.05) is 0 Å². The summed E-state index contributed by atoms with van der Waals surface area (Å²) in [7, 11) is 2.32. The lowest BCUT2D eigenvalue weighted by atomic mass is 9.80. The van der Waals surface area contributed by atoms with Gasteiger partial charge in [-0.1, -0.05) is 25.7 Å². The molecule has 2 N–H and O–H groups in total. The molecule has 2 nitrogen and oxygen atoms in total. The molecule has 2 rings (SSSR count). The molecule has 0 aromatic heterocycles. The maximum Gasteiger partial charge on any atom is 0.0135 e. The zero-order valence-electron chi connectivity index (χ0n) is 11.0. The van der Waals surface area contributed by atoms with E-state index in [2.05, 4.69) is 18.9 Å². The third-order valence-corrected chi connectivity index (χ3v) is 5.04. The second-order valence-electron chi connectivity index (χ2n) is 6.04. The summed E-state index contributed by atoms with van der Waals surface area (Å²) in [5.41, 5.74) is 5.87. The molecule has 0 aromatic rings. The summed E-state index contributed by atoms with van der Waals surface area (Å²) in [5.74, 6) is 1.78. The minimum atomic E-state index is 0.752. The fourth-order valence-corrected chi connectivity index (χ4v) is 3.53. The van der Waals surface area contributed by atoms with Crippen molar-refractivity contribution in [2.45, 2.75) is 64.0 Å². The van der Waals surface area contributed by atoms with Gasteiger partial charge in [0.15, 0.2) is 0 Å². The maximum absolute atomic E-state index is 5.87. The molecule has 0 heterocycles. The van der Waals surface area contributed by atoms with Crippen LogP contribution < -0.4 is 5.73 Å². The van der Waals surface area contributed by atoms with Crippen LogP contribution in [0.2, 0.25) is 0 Å². The van der Waals surface area contributed by atoms with Crippen LogP contribution in [-0.4, -0.2) is 30.6 Å². The van der Waals surface area contributed by atoms with E-state index in [1.165, 1.54) is 44.9 Å². The molecular weight excluding hydrogens is 196 g/mol. The zero-order chi connectivity index (χ0) is 11.5. The number of hydrogen-bond acceptors (Lipinski definition) is 2. The van der Waals surface area contributed by atoms with E-state index >= 15 is 0 Å². The largest absolute Gasteiger partial charge is 0.330 e. The Morgan fingerprint density at radius 3 is 2.44 bits per heavy atom. The lowest BCUT2D eigenvalue weighted by molar-refractivity contribution is 0.117. The average Bonchev–Trinajstić information content (AvgIpc) is 2.69. The summed E-state index contributed by atoms with van der Waals surface area (Å²) >= 11 is 0. The second kappa shape index (κ2) is 5.50. The van der Waals surface area contributed by atoms with E-state index in [9.17, 15) is 0 Å². The van der Waals surface area contributed by atoms with Crippen molar-refractivity contribution < 1.29 is 0 Å². The van der Waals surface area contributed by atoms with Crippen LogP contribution >= 0.6 is 0 Å². The van der Waals surface area contributed by atoms with Crippen LogP contribution in [0.1, 0.15) is 51.9 Å². The van der Waals surface area contributed by atoms with E-state index in [0.717, 1.165) is 30.5 Å². The Kier molecular flexibility index (Phi) is 4.26. The van der Waals surface area contributed by atoms with Crippen LogP contribution in [-0.2, 0) is 0 Å². The monoisotopic (exact) mass is 224 g/mol. The van der Waals surface area contributed by atoms with E-state index in [4.69, 9.17) is 5.73 Å². The van der Waals surface area contributed by atoms with Crippen LogP contribution in [0.3, 0.4) is 0 Å². The van der Waals surface area contributed by atoms with Crippen molar-refractivity contribution in [3.05, 3.63) is 0 Å². The molecule has 16 heavy (non-hydrogen) atoms. The van der Waals surface area contributed by atoms with Gasteiger partial charge in [0.1, 0.15) is 0 Å². The third-order valence-electron chi connectivity index (χ3n) is 5.04. The predicted octanol–water partition coefficient (Wildman–Crippen LogP) is 2.62.